The Morgan fingerprint density at radius 1 is 1.06 bits per heavy atom. The molecule has 5 rings (SSSR count). The number of benzene rings is 2. The van der Waals surface area contributed by atoms with E-state index in [4.69, 9.17) is 9.47 Å². The van der Waals surface area contributed by atoms with Crippen molar-refractivity contribution in [3.05, 3.63) is 77.0 Å². The Hall–Kier alpha value is -3.26. The van der Waals surface area contributed by atoms with Gasteiger partial charge in [-0.2, -0.15) is 0 Å². The maximum atomic E-state index is 13.4. The molecule has 2 aliphatic heterocycles. The second-order valence-electron chi connectivity index (χ2n) is 9.47. The summed E-state index contributed by atoms with van der Waals surface area (Å²) >= 11 is 1.67. The van der Waals surface area contributed by atoms with E-state index in [0.29, 0.717) is 11.6 Å². The molecule has 0 radical (unpaired) electrons. The molecule has 1 saturated carbocycles. The molecule has 36 heavy (non-hydrogen) atoms. The molecule has 8 heteroatoms. The standard InChI is InChI=1S/C28H30N2O5S/c1-4-20-16(2)25-22(20)24(28(33)35-15-18-10-12-19(34-3)13-11-18)30-26(32)23(27(30)36-25)29-21(31)14-17-8-6-5-7-9-17/h5-13,16,20,23,25,27H,4,14-15H2,1-3H3,(H,29,31)/t16-,20-,23+,25-,27+/m0/s1. The molecule has 2 fully saturated rings. The Kier molecular flexibility index (Phi) is 6.79. The van der Waals surface area contributed by atoms with Crippen molar-refractivity contribution in [3.63, 3.8) is 0 Å². The number of carbonyl (C=O) groups excluding carboxylic acids is 3. The molecule has 0 spiro atoms. The van der Waals surface area contributed by atoms with E-state index in [9.17, 15) is 14.4 Å². The highest BCUT2D eigenvalue weighted by Crippen LogP contribution is 2.58. The van der Waals surface area contributed by atoms with E-state index in [1.54, 1.807) is 23.8 Å². The van der Waals surface area contributed by atoms with Gasteiger partial charge >= 0.3 is 5.97 Å². The van der Waals surface area contributed by atoms with E-state index in [1.807, 2.05) is 54.6 Å². The highest BCUT2D eigenvalue weighted by Gasteiger charge is 2.61. The first-order chi connectivity index (χ1) is 17.4. The minimum Gasteiger partial charge on any atom is -0.497 e. The number of esters is 1. The summed E-state index contributed by atoms with van der Waals surface area (Å²) in [6.45, 7) is 4.40. The molecular weight excluding hydrogens is 476 g/mol. The Morgan fingerprint density at radius 2 is 1.78 bits per heavy atom. The molecule has 1 saturated heterocycles. The van der Waals surface area contributed by atoms with Gasteiger partial charge in [0.05, 0.1) is 13.5 Å². The number of fused-ring (bicyclic) bond motifs is 2. The Labute approximate surface area is 215 Å². The van der Waals surface area contributed by atoms with Crippen LogP contribution in [-0.2, 0) is 32.1 Å². The molecule has 7 nitrogen and oxygen atoms in total. The topological polar surface area (TPSA) is 84.9 Å². The number of nitrogens with one attached hydrogen (secondary N) is 1. The zero-order valence-corrected chi connectivity index (χ0v) is 21.4. The summed E-state index contributed by atoms with van der Waals surface area (Å²) in [6, 6.07) is 16.1. The van der Waals surface area contributed by atoms with Crippen molar-refractivity contribution in [3.8, 4) is 5.75 Å². The summed E-state index contributed by atoms with van der Waals surface area (Å²) < 4.78 is 10.9. The van der Waals surface area contributed by atoms with Crippen LogP contribution in [0.4, 0.5) is 0 Å². The number of hydrogen-bond donors (Lipinski definition) is 1. The lowest BCUT2D eigenvalue weighted by Crippen LogP contribution is -2.72. The Morgan fingerprint density at radius 3 is 2.44 bits per heavy atom. The molecule has 2 amide bonds. The minimum atomic E-state index is -0.648. The zero-order chi connectivity index (χ0) is 25.4. The van der Waals surface area contributed by atoms with E-state index in [0.717, 1.165) is 28.9 Å². The second kappa shape index (κ2) is 10.0. The summed E-state index contributed by atoms with van der Waals surface area (Å²) in [5, 5.41) is 2.73. The van der Waals surface area contributed by atoms with Crippen molar-refractivity contribution >= 4 is 29.5 Å². The summed E-state index contributed by atoms with van der Waals surface area (Å²) in [5.41, 5.74) is 3.11. The molecule has 188 valence electrons. The molecular formula is C28H30N2O5S. The molecule has 1 N–H and O–H groups in total. The van der Waals surface area contributed by atoms with Crippen molar-refractivity contribution in [2.75, 3.05) is 7.11 Å². The SMILES string of the molecule is CC[C@@H]1C2=C(C(=O)OCc3ccc(OC)cc3)N3C(=O)[C@@H](NC(=O)Cc4ccccc4)[C@H]3S[C@H]2[C@H]1C. The molecule has 0 unspecified atom stereocenters. The lowest BCUT2D eigenvalue weighted by atomic mass is 9.66. The molecule has 2 aromatic rings. The number of hydrogen-bond acceptors (Lipinski definition) is 6. The van der Waals surface area contributed by atoms with Crippen LogP contribution in [0.1, 0.15) is 31.4 Å². The van der Waals surface area contributed by atoms with Gasteiger partial charge in [-0.1, -0.05) is 56.3 Å². The number of β-lactam (4-membered cyclic amide) rings is 1. The van der Waals surface area contributed by atoms with Crippen molar-refractivity contribution in [1.29, 1.82) is 0 Å². The minimum absolute atomic E-state index is 0.105. The molecule has 3 aliphatic rings. The van der Waals surface area contributed by atoms with Gasteiger partial charge < -0.3 is 14.8 Å². The largest absolute Gasteiger partial charge is 0.497 e. The van der Waals surface area contributed by atoms with Crippen LogP contribution in [0.3, 0.4) is 0 Å². The van der Waals surface area contributed by atoms with Crippen LogP contribution < -0.4 is 10.1 Å². The predicted octanol–water partition coefficient (Wildman–Crippen LogP) is 3.68. The van der Waals surface area contributed by atoms with Crippen molar-refractivity contribution in [1.82, 2.24) is 10.2 Å². The predicted molar refractivity (Wildman–Crippen MR) is 137 cm³/mol. The van der Waals surface area contributed by atoms with E-state index in [1.165, 1.54) is 0 Å². The first-order valence-electron chi connectivity index (χ1n) is 12.3. The third-order valence-electron chi connectivity index (χ3n) is 7.35. The quantitative estimate of drug-likeness (QED) is 0.434. The molecule has 0 bridgehead atoms. The lowest BCUT2D eigenvalue weighted by Gasteiger charge is -2.58. The van der Waals surface area contributed by atoms with Gasteiger partial charge in [0.15, 0.2) is 0 Å². The molecule has 2 aromatic carbocycles. The van der Waals surface area contributed by atoms with Gasteiger partial charge in [0, 0.05) is 5.25 Å². The fraction of sp³-hybridized carbons (Fsp3) is 0.393. The average Bonchev–Trinajstić information content (AvgIpc) is 2.90. The molecule has 5 atom stereocenters. The van der Waals surface area contributed by atoms with Gasteiger partial charge in [-0.05, 0) is 47.1 Å². The smallest absolute Gasteiger partial charge is 0.355 e. The van der Waals surface area contributed by atoms with Crippen LogP contribution in [0, 0.1) is 11.8 Å². The summed E-state index contributed by atoms with van der Waals surface area (Å²) in [5.74, 6) is 0.413. The number of nitrogens with zero attached hydrogens (tertiary/aromatic N) is 1. The fourth-order valence-electron chi connectivity index (χ4n) is 5.39. The molecule has 1 aliphatic carbocycles. The second-order valence-corrected chi connectivity index (χ2v) is 10.7. The summed E-state index contributed by atoms with van der Waals surface area (Å²) in [7, 11) is 1.60. The van der Waals surface area contributed by atoms with Crippen molar-refractivity contribution in [2.24, 2.45) is 11.8 Å². The average molecular weight is 507 g/mol. The number of carbonyl (C=O) groups is 3. The number of amides is 2. The van der Waals surface area contributed by atoms with Crippen LogP contribution in [0.5, 0.6) is 5.75 Å². The maximum absolute atomic E-state index is 13.4. The maximum Gasteiger partial charge on any atom is 0.355 e. The van der Waals surface area contributed by atoms with Crippen LogP contribution in [0.2, 0.25) is 0 Å². The fourth-order valence-corrected chi connectivity index (χ4v) is 7.24. The number of thioether (sulfide) groups is 1. The first-order valence-corrected chi connectivity index (χ1v) is 13.2. The zero-order valence-electron chi connectivity index (χ0n) is 20.6. The Bertz CT molecular complexity index is 1200. The highest BCUT2D eigenvalue weighted by atomic mass is 32.2. The van der Waals surface area contributed by atoms with E-state index in [-0.39, 0.29) is 41.4 Å². The van der Waals surface area contributed by atoms with Crippen LogP contribution in [-0.4, -0.2) is 46.5 Å². The van der Waals surface area contributed by atoms with Crippen molar-refractivity contribution in [2.45, 2.75) is 50.0 Å². The van der Waals surface area contributed by atoms with Gasteiger partial charge in [-0.25, -0.2) is 4.79 Å². The normalized spacial score (nSPS) is 26.2. The van der Waals surface area contributed by atoms with Crippen molar-refractivity contribution < 1.29 is 23.9 Å². The van der Waals surface area contributed by atoms with Crippen LogP contribution in [0.15, 0.2) is 65.9 Å². The highest BCUT2D eigenvalue weighted by molar-refractivity contribution is 8.01. The lowest BCUT2D eigenvalue weighted by molar-refractivity contribution is -0.154. The number of rotatable bonds is 8. The molecule has 2 heterocycles. The number of ether oxygens (including phenoxy) is 2. The van der Waals surface area contributed by atoms with Gasteiger partial charge in [-0.15, -0.1) is 11.8 Å². The number of methoxy groups -OCH3 is 1. The van der Waals surface area contributed by atoms with Gasteiger partial charge in [-0.3, -0.25) is 14.5 Å². The summed E-state index contributed by atoms with van der Waals surface area (Å²) in [6.07, 6.45) is 1.10. The van der Waals surface area contributed by atoms with Gasteiger partial charge in [0.25, 0.3) is 5.91 Å². The monoisotopic (exact) mass is 506 g/mol. The van der Waals surface area contributed by atoms with Gasteiger partial charge in [0.1, 0.15) is 29.5 Å². The summed E-state index contributed by atoms with van der Waals surface area (Å²) in [4.78, 5) is 40.8. The molecule has 0 aromatic heterocycles. The van der Waals surface area contributed by atoms with E-state index >= 15 is 0 Å². The van der Waals surface area contributed by atoms with Crippen LogP contribution in [0.25, 0.3) is 0 Å². The first kappa shape index (κ1) is 24.4. The van der Waals surface area contributed by atoms with Gasteiger partial charge in [0.2, 0.25) is 5.91 Å². The Balaban J connectivity index is 1.32. The van der Waals surface area contributed by atoms with E-state index in [2.05, 4.69) is 19.2 Å². The van der Waals surface area contributed by atoms with E-state index < -0.39 is 12.0 Å². The van der Waals surface area contributed by atoms with Crippen LogP contribution >= 0.6 is 11.8 Å². The third kappa shape index (κ3) is 4.28. The third-order valence-corrected chi connectivity index (χ3v) is 9.09.